The lowest BCUT2D eigenvalue weighted by molar-refractivity contribution is -0.122. The number of carbonyl (C=O) groups excluding carboxylic acids is 1. The number of rotatable bonds is 3. The zero-order valence-corrected chi connectivity index (χ0v) is 10.4. The molecule has 0 heterocycles. The maximum atomic E-state index is 11.3. The zero-order valence-electron chi connectivity index (χ0n) is 10.4. The van der Waals surface area contributed by atoms with Gasteiger partial charge in [0.25, 0.3) is 0 Å². The Kier molecular flexibility index (Phi) is 3.27. The molecule has 15 heavy (non-hydrogen) atoms. The van der Waals surface area contributed by atoms with Crippen LogP contribution in [-0.4, -0.2) is 11.9 Å². The molecule has 1 saturated carbocycles. The van der Waals surface area contributed by atoms with E-state index in [9.17, 15) is 4.79 Å². The first-order valence-corrected chi connectivity index (χ1v) is 5.72. The minimum Gasteiger partial charge on any atom is -0.352 e. The summed E-state index contributed by atoms with van der Waals surface area (Å²) in [5.74, 6) is 0.0584. The highest BCUT2D eigenvalue weighted by atomic mass is 16.1. The monoisotopic (exact) mass is 209 g/mol. The van der Waals surface area contributed by atoms with Gasteiger partial charge in [-0.25, -0.2) is 0 Å². The third kappa shape index (κ3) is 2.42. The Bertz CT molecular complexity index is 258. The minimum atomic E-state index is 0.0584. The van der Waals surface area contributed by atoms with Gasteiger partial charge in [0.15, 0.2) is 0 Å². The fourth-order valence-electron chi connectivity index (χ4n) is 2.62. The van der Waals surface area contributed by atoms with Gasteiger partial charge in [-0.2, -0.15) is 0 Å². The maximum Gasteiger partial charge on any atom is 0.217 e. The predicted octanol–water partition coefficient (Wildman–Crippen LogP) is 2.89. The molecule has 0 radical (unpaired) electrons. The molecule has 0 spiro atoms. The first-order valence-electron chi connectivity index (χ1n) is 5.72. The van der Waals surface area contributed by atoms with Crippen molar-refractivity contribution >= 4 is 5.91 Å². The molecule has 0 aromatic heterocycles. The Balaban J connectivity index is 2.89. The van der Waals surface area contributed by atoms with Gasteiger partial charge < -0.3 is 5.32 Å². The topological polar surface area (TPSA) is 29.1 Å². The quantitative estimate of drug-likeness (QED) is 0.711. The van der Waals surface area contributed by atoms with Gasteiger partial charge in [0, 0.05) is 18.4 Å². The summed E-state index contributed by atoms with van der Waals surface area (Å²) < 4.78 is 0. The van der Waals surface area contributed by atoms with Crippen LogP contribution in [0.4, 0.5) is 0 Å². The Morgan fingerprint density at radius 3 is 2.20 bits per heavy atom. The van der Waals surface area contributed by atoms with Crippen LogP contribution in [0, 0.1) is 10.8 Å². The first-order chi connectivity index (χ1) is 6.82. The van der Waals surface area contributed by atoms with E-state index in [0.717, 1.165) is 12.8 Å². The molecule has 1 aliphatic rings. The maximum absolute atomic E-state index is 11.3. The van der Waals surface area contributed by atoms with Crippen LogP contribution in [0.5, 0.6) is 0 Å². The normalized spacial score (nSPS) is 21.3. The third-order valence-electron chi connectivity index (χ3n) is 3.48. The van der Waals surface area contributed by atoms with Crippen molar-refractivity contribution < 1.29 is 4.79 Å². The highest BCUT2D eigenvalue weighted by molar-refractivity contribution is 5.73. The van der Waals surface area contributed by atoms with Crippen LogP contribution in [0.1, 0.15) is 47.0 Å². The smallest absolute Gasteiger partial charge is 0.217 e. The average molecular weight is 209 g/mol. The van der Waals surface area contributed by atoms with Crippen LogP contribution < -0.4 is 5.32 Å². The molecule has 1 amide bonds. The largest absolute Gasteiger partial charge is 0.352 e. The van der Waals surface area contributed by atoms with Crippen molar-refractivity contribution in [2.75, 3.05) is 0 Å². The zero-order chi connectivity index (χ0) is 11.7. The van der Waals surface area contributed by atoms with Crippen LogP contribution in [0.2, 0.25) is 0 Å². The summed E-state index contributed by atoms with van der Waals surface area (Å²) in [6, 6.07) is 0.203. The van der Waals surface area contributed by atoms with Crippen LogP contribution >= 0.6 is 0 Å². The fraction of sp³-hybridized carbons (Fsp3) is 0.769. The molecule has 1 unspecified atom stereocenters. The highest BCUT2D eigenvalue weighted by Crippen LogP contribution is 2.49. The number of amides is 1. The molecule has 2 heteroatoms. The molecule has 0 bridgehead atoms. The molecule has 1 atom stereocenters. The second kappa shape index (κ2) is 3.99. The number of hydrogen-bond acceptors (Lipinski definition) is 1. The van der Waals surface area contributed by atoms with Gasteiger partial charge in [-0.3, -0.25) is 4.79 Å². The molecule has 0 aromatic carbocycles. The van der Waals surface area contributed by atoms with Gasteiger partial charge in [0.1, 0.15) is 0 Å². The number of nitrogens with one attached hydrogen (secondary N) is 1. The standard InChI is InChI=1S/C13H23NO/c1-6-13(8-7-9-13)11(12(3,4)5)14-10(2)15/h6,11H,1,7-9H2,2-5H3,(H,14,15). The van der Waals surface area contributed by atoms with Crippen LogP contribution in [0.15, 0.2) is 12.7 Å². The molecule has 0 aliphatic heterocycles. The van der Waals surface area contributed by atoms with Gasteiger partial charge in [-0.05, 0) is 18.3 Å². The molecule has 0 saturated heterocycles. The summed E-state index contributed by atoms with van der Waals surface area (Å²) in [7, 11) is 0. The van der Waals surface area contributed by atoms with Gasteiger partial charge in [0.05, 0.1) is 0 Å². The van der Waals surface area contributed by atoms with Gasteiger partial charge in [0.2, 0.25) is 5.91 Å². The number of carbonyl (C=O) groups is 1. The lowest BCUT2D eigenvalue weighted by Crippen LogP contribution is -2.56. The van der Waals surface area contributed by atoms with Crippen LogP contribution in [-0.2, 0) is 4.79 Å². The molecule has 2 nitrogen and oxygen atoms in total. The molecule has 1 fully saturated rings. The van der Waals surface area contributed by atoms with Crippen molar-refractivity contribution in [2.45, 2.75) is 53.0 Å². The molecule has 1 rings (SSSR count). The lowest BCUT2D eigenvalue weighted by Gasteiger charge is -2.51. The minimum absolute atomic E-state index is 0.0584. The molecule has 0 aromatic rings. The van der Waals surface area contributed by atoms with Crippen molar-refractivity contribution in [1.29, 1.82) is 0 Å². The van der Waals surface area contributed by atoms with E-state index in [1.807, 2.05) is 6.08 Å². The second-order valence-corrected chi connectivity index (χ2v) is 5.79. The Labute approximate surface area is 93.1 Å². The summed E-state index contributed by atoms with van der Waals surface area (Å²) in [6.45, 7) is 12.1. The SMILES string of the molecule is C=CC1(C(NC(C)=O)C(C)(C)C)CCC1. The van der Waals surface area contributed by atoms with E-state index in [-0.39, 0.29) is 22.8 Å². The van der Waals surface area contributed by atoms with Crippen molar-refractivity contribution in [3.8, 4) is 0 Å². The summed E-state index contributed by atoms with van der Waals surface area (Å²) in [5.41, 5.74) is 0.213. The summed E-state index contributed by atoms with van der Waals surface area (Å²) in [6.07, 6.45) is 5.60. The van der Waals surface area contributed by atoms with Crippen molar-refractivity contribution in [3.05, 3.63) is 12.7 Å². The lowest BCUT2D eigenvalue weighted by atomic mass is 9.58. The Morgan fingerprint density at radius 2 is 2.00 bits per heavy atom. The van der Waals surface area contributed by atoms with E-state index in [0.29, 0.717) is 0 Å². The van der Waals surface area contributed by atoms with Crippen LogP contribution in [0.3, 0.4) is 0 Å². The molecular formula is C13H23NO. The summed E-state index contributed by atoms with van der Waals surface area (Å²) in [5, 5.41) is 3.10. The van der Waals surface area contributed by atoms with Crippen molar-refractivity contribution in [2.24, 2.45) is 10.8 Å². The summed E-state index contributed by atoms with van der Waals surface area (Å²) >= 11 is 0. The van der Waals surface area contributed by atoms with Gasteiger partial charge in [-0.1, -0.05) is 33.3 Å². The first kappa shape index (κ1) is 12.3. The Hall–Kier alpha value is -0.790. The average Bonchev–Trinajstić information content (AvgIpc) is 1.99. The predicted molar refractivity (Wildman–Crippen MR) is 63.5 cm³/mol. The van der Waals surface area contributed by atoms with Crippen molar-refractivity contribution in [3.63, 3.8) is 0 Å². The van der Waals surface area contributed by atoms with E-state index in [1.165, 1.54) is 6.42 Å². The van der Waals surface area contributed by atoms with Crippen LogP contribution in [0.25, 0.3) is 0 Å². The molecule has 86 valence electrons. The molecular weight excluding hydrogens is 186 g/mol. The fourth-order valence-corrected chi connectivity index (χ4v) is 2.62. The molecule has 1 aliphatic carbocycles. The summed E-state index contributed by atoms with van der Waals surface area (Å²) in [4.78, 5) is 11.3. The second-order valence-electron chi connectivity index (χ2n) is 5.79. The van der Waals surface area contributed by atoms with E-state index >= 15 is 0 Å². The van der Waals surface area contributed by atoms with Crippen molar-refractivity contribution in [1.82, 2.24) is 5.32 Å². The van der Waals surface area contributed by atoms with Gasteiger partial charge in [-0.15, -0.1) is 6.58 Å². The third-order valence-corrected chi connectivity index (χ3v) is 3.48. The molecule has 1 N–H and O–H groups in total. The van der Waals surface area contributed by atoms with E-state index in [4.69, 9.17) is 0 Å². The highest BCUT2D eigenvalue weighted by Gasteiger charge is 2.46. The number of hydrogen-bond donors (Lipinski definition) is 1. The van der Waals surface area contributed by atoms with E-state index < -0.39 is 0 Å². The van der Waals surface area contributed by atoms with E-state index in [1.54, 1.807) is 6.92 Å². The van der Waals surface area contributed by atoms with Gasteiger partial charge >= 0.3 is 0 Å². The Morgan fingerprint density at radius 1 is 1.47 bits per heavy atom. The van der Waals surface area contributed by atoms with E-state index in [2.05, 4.69) is 32.7 Å².